The van der Waals surface area contributed by atoms with Crippen molar-refractivity contribution in [1.29, 1.82) is 0 Å². The van der Waals surface area contributed by atoms with Crippen molar-refractivity contribution in [3.63, 3.8) is 0 Å². The van der Waals surface area contributed by atoms with E-state index in [4.69, 9.17) is 29.2 Å². The zero-order valence-electron chi connectivity index (χ0n) is 20.8. The van der Waals surface area contributed by atoms with Crippen LogP contribution in [0.25, 0.3) is 0 Å². The van der Waals surface area contributed by atoms with E-state index in [1.54, 1.807) is 0 Å². The first-order valence-corrected chi connectivity index (χ1v) is 12.5. The third kappa shape index (κ3) is 32.0. The molecule has 0 atom stereocenters. The van der Waals surface area contributed by atoms with Gasteiger partial charge in [-0.3, -0.25) is 0 Å². The first-order chi connectivity index (χ1) is 15.3. The molecule has 1 heterocycles. The predicted octanol–water partition coefficient (Wildman–Crippen LogP) is 3.51. The summed E-state index contributed by atoms with van der Waals surface area (Å²) in [4.78, 5) is 2.64. The summed E-state index contributed by atoms with van der Waals surface area (Å²) < 4.78 is 20.0. The van der Waals surface area contributed by atoms with Crippen LogP contribution in [0.2, 0.25) is 0 Å². The number of rotatable bonds is 19. The molecule has 31 heavy (non-hydrogen) atoms. The molecule has 0 aromatic rings. The zero-order valence-corrected chi connectivity index (χ0v) is 20.8. The Morgan fingerprint density at radius 2 is 0.968 bits per heavy atom. The van der Waals surface area contributed by atoms with Crippen molar-refractivity contribution in [3.05, 3.63) is 0 Å². The highest BCUT2D eigenvalue weighted by Crippen LogP contribution is 2.01. The average Bonchev–Trinajstić information content (AvgIpc) is 3.38. The standard InChI is InChI=1S/C12H27N.C8H18O5.C4H8O/c1-4-7-10-13(11-8-5-2)12-9-6-3;9-1-3-11-5-7-13-8-6-12-4-2-10;1-2-4-5-3-1/h4-12H2,1-3H3;9-10H,1-8H2;1-4H2. The second-order valence-corrected chi connectivity index (χ2v) is 7.51. The molecule has 1 fully saturated rings. The van der Waals surface area contributed by atoms with Crippen molar-refractivity contribution < 1.29 is 29.2 Å². The summed E-state index contributed by atoms with van der Waals surface area (Å²) >= 11 is 0. The Morgan fingerprint density at radius 1 is 0.613 bits per heavy atom. The molecule has 7 heteroatoms. The largest absolute Gasteiger partial charge is 0.394 e. The summed E-state index contributed by atoms with van der Waals surface area (Å²) in [6.07, 6.45) is 10.6. The van der Waals surface area contributed by atoms with Gasteiger partial charge in [0, 0.05) is 13.2 Å². The SMILES string of the molecule is C1CCOC1.CCCCN(CCCC)CCCC.OCCOCCOCCOCCO. The molecule has 0 unspecified atom stereocenters. The Labute approximate surface area is 192 Å². The molecule has 0 aromatic heterocycles. The fraction of sp³-hybridized carbons (Fsp3) is 1.00. The lowest BCUT2D eigenvalue weighted by Crippen LogP contribution is -2.27. The van der Waals surface area contributed by atoms with E-state index in [1.165, 1.54) is 71.0 Å². The van der Waals surface area contributed by atoms with E-state index in [2.05, 4.69) is 25.7 Å². The van der Waals surface area contributed by atoms with Gasteiger partial charge in [0.25, 0.3) is 0 Å². The normalized spacial score (nSPS) is 13.0. The highest BCUT2D eigenvalue weighted by atomic mass is 16.5. The lowest BCUT2D eigenvalue weighted by atomic mass is 10.2. The Bertz CT molecular complexity index is 257. The Hall–Kier alpha value is -0.280. The van der Waals surface area contributed by atoms with Gasteiger partial charge < -0.3 is 34.1 Å². The van der Waals surface area contributed by atoms with Gasteiger partial charge >= 0.3 is 0 Å². The van der Waals surface area contributed by atoms with Crippen LogP contribution in [0.15, 0.2) is 0 Å². The monoisotopic (exact) mass is 451 g/mol. The van der Waals surface area contributed by atoms with Gasteiger partial charge in [-0.15, -0.1) is 0 Å². The van der Waals surface area contributed by atoms with Crippen LogP contribution in [-0.2, 0) is 18.9 Å². The number of ether oxygens (including phenoxy) is 4. The van der Waals surface area contributed by atoms with Gasteiger partial charge in [-0.1, -0.05) is 40.0 Å². The molecule has 7 nitrogen and oxygen atoms in total. The van der Waals surface area contributed by atoms with Crippen molar-refractivity contribution in [2.24, 2.45) is 0 Å². The van der Waals surface area contributed by atoms with Crippen LogP contribution in [0.3, 0.4) is 0 Å². The van der Waals surface area contributed by atoms with Gasteiger partial charge in [0.15, 0.2) is 0 Å². The van der Waals surface area contributed by atoms with Crippen LogP contribution < -0.4 is 0 Å². The van der Waals surface area contributed by atoms with E-state index >= 15 is 0 Å². The number of nitrogens with zero attached hydrogens (tertiary/aromatic N) is 1. The summed E-state index contributed by atoms with van der Waals surface area (Å²) in [6.45, 7) is 15.5. The maximum Gasteiger partial charge on any atom is 0.0701 e. The van der Waals surface area contributed by atoms with Crippen LogP contribution in [-0.4, -0.2) is 101 Å². The van der Waals surface area contributed by atoms with E-state index in [-0.39, 0.29) is 13.2 Å². The summed E-state index contributed by atoms with van der Waals surface area (Å²) in [7, 11) is 0. The molecule has 0 aliphatic carbocycles. The van der Waals surface area contributed by atoms with E-state index < -0.39 is 0 Å². The molecule has 0 spiro atoms. The quantitative estimate of drug-likeness (QED) is 0.291. The lowest BCUT2D eigenvalue weighted by Gasteiger charge is -2.21. The Balaban J connectivity index is 0. The van der Waals surface area contributed by atoms with Crippen LogP contribution >= 0.6 is 0 Å². The predicted molar refractivity (Wildman–Crippen MR) is 128 cm³/mol. The molecule has 0 radical (unpaired) electrons. The number of aliphatic hydroxyl groups excluding tert-OH is 2. The molecular weight excluding hydrogens is 398 g/mol. The Kier molecular flexibility index (Phi) is 33.9. The number of hydrogen-bond acceptors (Lipinski definition) is 7. The zero-order chi connectivity index (χ0) is 23.3. The summed E-state index contributed by atoms with van der Waals surface area (Å²) in [5.74, 6) is 0. The first kappa shape index (κ1) is 32.9. The van der Waals surface area contributed by atoms with Gasteiger partial charge in [-0.2, -0.15) is 0 Å². The molecule has 190 valence electrons. The van der Waals surface area contributed by atoms with Crippen molar-refractivity contribution in [1.82, 2.24) is 4.90 Å². The summed E-state index contributed by atoms with van der Waals surface area (Å²) in [5.41, 5.74) is 0. The van der Waals surface area contributed by atoms with Crippen molar-refractivity contribution in [2.45, 2.75) is 72.1 Å². The van der Waals surface area contributed by atoms with Gasteiger partial charge in [-0.25, -0.2) is 0 Å². The van der Waals surface area contributed by atoms with Crippen molar-refractivity contribution >= 4 is 0 Å². The maximum atomic E-state index is 8.36. The minimum absolute atomic E-state index is 0.0413. The van der Waals surface area contributed by atoms with E-state index in [0.717, 1.165) is 13.2 Å². The van der Waals surface area contributed by atoms with Gasteiger partial charge in [-0.05, 0) is 51.7 Å². The topological polar surface area (TPSA) is 80.6 Å². The fourth-order valence-corrected chi connectivity index (χ4v) is 2.66. The van der Waals surface area contributed by atoms with Gasteiger partial charge in [0.05, 0.1) is 52.9 Å². The number of hydrogen-bond donors (Lipinski definition) is 2. The highest BCUT2D eigenvalue weighted by Gasteiger charge is 2.01. The smallest absolute Gasteiger partial charge is 0.0701 e. The van der Waals surface area contributed by atoms with Crippen LogP contribution in [0.1, 0.15) is 72.1 Å². The molecule has 0 amide bonds. The number of unbranched alkanes of at least 4 members (excludes halogenated alkanes) is 3. The third-order valence-electron chi connectivity index (χ3n) is 4.53. The fourth-order valence-electron chi connectivity index (χ4n) is 2.66. The number of aliphatic hydroxyl groups is 2. The van der Waals surface area contributed by atoms with Crippen molar-refractivity contribution in [2.75, 3.05) is 85.7 Å². The molecule has 0 saturated carbocycles. The minimum Gasteiger partial charge on any atom is -0.394 e. The molecule has 2 N–H and O–H groups in total. The first-order valence-electron chi connectivity index (χ1n) is 12.5. The molecule has 1 aliphatic heterocycles. The highest BCUT2D eigenvalue weighted by molar-refractivity contribution is 4.57. The molecular formula is C24H53NO6. The average molecular weight is 452 g/mol. The molecule has 0 bridgehead atoms. The molecule has 0 aromatic carbocycles. The summed E-state index contributed by atoms with van der Waals surface area (Å²) in [6, 6.07) is 0. The van der Waals surface area contributed by atoms with Crippen LogP contribution in [0.4, 0.5) is 0 Å². The van der Waals surface area contributed by atoms with E-state index in [9.17, 15) is 0 Å². The second-order valence-electron chi connectivity index (χ2n) is 7.51. The maximum absolute atomic E-state index is 8.36. The molecule has 1 rings (SSSR count). The Morgan fingerprint density at radius 3 is 1.23 bits per heavy atom. The molecule has 1 saturated heterocycles. The minimum atomic E-state index is 0.0413. The van der Waals surface area contributed by atoms with Gasteiger partial charge in [0.1, 0.15) is 0 Å². The second kappa shape index (κ2) is 31.9. The van der Waals surface area contributed by atoms with Gasteiger partial charge in [0.2, 0.25) is 0 Å². The lowest BCUT2D eigenvalue weighted by molar-refractivity contribution is 0.00230. The van der Waals surface area contributed by atoms with Crippen LogP contribution in [0, 0.1) is 0 Å². The van der Waals surface area contributed by atoms with Crippen molar-refractivity contribution in [3.8, 4) is 0 Å². The molecule has 1 aliphatic rings. The van der Waals surface area contributed by atoms with E-state index in [0.29, 0.717) is 39.6 Å². The third-order valence-corrected chi connectivity index (χ3v) is 4.53. The van der Waals surface area contributed by atoms with Crippen LogP contribution in [0.5, 0.6) is 0 Å². The summed E-state index contributed by atoms with van der Waals surface area (Å²) in [5, 5.41) is 16.7. The van der Waals surface area contributed by atoms with E-state index in [1.807, 2.05) is 0 Å².